The van der Waals surface area contributed by atoms with Crippen molar-refractivity contribution < 1.29 is 9.59 Å². The lowest BCUT2D eigenvalue weighted by molar-refractivity contribution is -0.124. The van der Waals surface area contributed by atoms with Crippen LogP contribution in [-0.4, -0.2) is 34.7 Å². The van der Waals surface area contributed by atoms with Gasteiger partial charge in [-0.05, 0) is 97.2 Å². The van der Waals surface area contributed by atoms with E-state index in [1.807, 2.05) is 0 Å². The molecule has 0 fully saturated rings. The Morgan fingerprint density at radius 1 is 0.368 bits per heavy atom. The maximum atomic E-state index is 15.5. The summed E-state index contributed by atoms with van der Waals surface area (Å²) in [5, 5.41) is 4.68. The number of rotatable bonds is 44. The largest absolute Gasteiger partial charge is 0.306 e. The van der Waals surface area contributed by atoms with Crippen LogP contribution < -0.4 is 0 Å². The minimum absolute atomic E-state index is 0.0817. The first-order chi connectivity index (χ1) is 33.4. The van der Waals surface area contributed by atoms with E-state index < -0.39 is 0 Å². The summed E-state index contributed by atoms with van der Waals surface area (Å²) in [6.45, 7) is 15.2. The molecule has 0 radical (unpaired) electrons. The minimum Gasteiger partial charge on any atom is -0.306 e. The number of hydrogen-bond acceptors (Lipinski definition) is 4. The van der Waals surface area contributed by atoms with Crippen molar-refractivity contribution in [3.8, 4) is 0 Å². The number of carbonyl (C=O) groups excluding carboxylic acids is 2. The molecule has 2 aromatic heterocycles. The number of nitrogens with zero attached hydrogens (tertiary/aromatic N) is 2. The van der Waals surface area contributed by atoms with Crippen molar-refractivity contribution in [1.82, 2.24) is 9.80 Å². The molecule has 4 heterocycles. The summed E-state index contributed by atoms with van der Waals surface area (Å²) >= 11 is 3.55. The van der Waals surface area contributed by atoms with E-state index in [1.54, 1.807) is 22.7 Å². The molecule has 0 bridgehead atoms. The van der Waals surface area contributed by atoms with Gasteiger partial charge < -0.3 is 9.80 Å². The van der Waals surface area contributed by atoms with Crippen LogP contribution in [0.1, 0.15) is 294 Å². The molecule has 2 aromatic rings. The number of fused-ring (bicyclic) bond motifs is 1. The van der Waals surface area contributed by atoms with Crippen LogP contribution in [0.15, 0.2) is 34.0 Å². The molecule has 0 spiro atoms. The average Bonchev–Trinajstić information content (AvgIpc) is 4.13. The van der Waals surface area contributed by atoms with Crippen molar-refractivity contribution in [2.75, 3.05) is 13.1 Å². The Balaban J connectivity index is 1.66. The van der Waals surface area contributed by atoms with Crippen LogP contribution in [-0.2, 0) is 22.4 Å². The summed E-state index contributed by atoms with van der Waals surface area (Å²) in [4.78, 5) is 37.6. The first kappa shape index (κ1) is 58.4. The molecule has 0 saturated heterocycles. The first-order valence-corrected chi connectivity index (χ1v) is 31.5. The van der Waals surface area contributed by atoms with Gasteiger partial charge in [0.1, 0.15) is 0 Å². The van der Waals surface area contributed by atoms with Crippen molar-refractivity contribution in [1.29, 1.82) is 0 Å². The van der Waals surface area contributed by atoms with E-state index in [2.05, 4.69) is 74.2 Å². The SMILES string of the molecule is CCCCCCCCCCCCc1csc(C2=C3C(=O)N(CC(CCCC)CCCCCC)C(c4cc(CCCCCCCCCCCC)cs4)=C3C(=O)N2CC(CCCC)CCCCCC)c1. The van der Waals surface area contributed by atoms with Gasteiger partial charge in [-0.25, -0.2) is 0 Å². The highest BCUT2D eigenvalue weighted by Gasteiger charge is 2.50. The fourth-order valence-corrected chi connectivity index (χ4v) is 13.0. The van der Waals surface area contributed by atoms with Gasteiger partial charge in [-0.2, -0.15) is 0 Å². The maximum absolute atomic E-state index is 15.5. The van der Waals surface area contributed by atoms with Gasteiger partial charge in [-0.15, -0.1) is 22.7 Å². The van der Waals surface area contributed by atoms with E-state index >= 15 is 9.59 Å². The summed E-state index contributed by atoms with van der Waals surface area (Å²) < 4.78 is 0. The molecule has 2 amide bonds. The molecular formula is C62H104N2O2S2. The molecule has 4 rings (SSSR count). The van der Waals surface area contributed by atoms with Gasteiger partial charge in [0.25, 0.3) is 11.8 Å². The van der Waals surface area contributed by atoms with Crippen molar-refractivity contribution in [3.05, 3.63) is 54.9 Å². The Morgan fingerprint density at radius 3 is 0.971 bits per heavy atom. The number of amides is 2. The van der Waals surface area contributed by atoms with Crippen LogP contribution in [0.5, 0.6) is 0 Å². The van der Waals surface area contributed by atoms with E-state index in [0.29, 0.717) is 36.1 Å². The molecule has 2 aliphatic rings. The van der Waals surface area contributed by atoms with Gasteiger partial charge in [0.2, 0.25) is 0 Å². The molecule has 68 heavy (non-hydrogen) atoms. The number of aryl methyl sites for hydroxylation is 2. The first-order valence-electron chi connectivity index (χ1n) is 29.7. The van der Waals surface area contributed by atoms with Gasteiger partial charge in [-0.3, -0.25) is 9.59 Å². The molecule has 2 unspecified atom stereocenters. The molecule has 4 nitrogen and oxygen atoms in total. The number of carbonyl (C=O) groups is 2. The molecule has 0 saturated carbocycles. The molecule has 0 aromatic carbocycles. The van der Waals surface area contributed by atoms with Crippen molar-refractivity contribution in [3.63, 3.8) is 0 Å². The highest BCUT2D eigenvalue weighted by molar-refractivity contribution is 7.11. The van der Waals surface area contributed by atoms with E-state index in [-0.39, 0.29) is 11.8 Å². The van der Waals surface area contributed by atoms with Crippen LogP contribution in [0.3, 0.4) is 0 Å². The van der Waals surface area contributed by atoms with E-state index in [9.17, 15) is 0 Å². The summed E-state index contributed by atoms with van der Waals surface area (Å²) in [6, 6.07) is 4.74. The molecule has 0 N–H and O–H groups in total. The summed E-state index contributed by atoms with van der Waals surface area (Å²) in [5.41, 5.74) is 6.02. The van der Waals surface area contributed by atoms with E-state index in [4.69, 9.17) is 0 Å². The van der Waals surface area contributed by atoms with Gasteiger partial charge in [0.15, 0.2) is 0 Å². The monoisotopic (exact) mass is 973 g/mol. The zero-order chi connectivity index (χ0) is 48.6. The molecule has 2 aliphatic heterocycles. The Kier molecular flexibility index (Phi) is 30.8. The van der Waals surface area contributed by atoms with Crippen molar-refractivity contribution in [2.24, 2.45) is 11.8 Å². The highest BCUT2D eigenvalue weighted by atomic mass is 32.1. The zero-order valence-corrected chi connectivity index (χ0v) is 46.9. The highest BCUT2D eigenvalue weighted by Crippen LogP contribution is 2.49. The lowest BCUT2D eigenvalue weighted by atomic mass is 9.94. The second kappa shape index (κ2) is 35.8. The fourth-order valence-electron chi connectivity index (χ4n) is 11.0. The minimum atomic E-state index is 0.0817. The fraction of sp³-hybridized carbons (Fsp3) is 0.774. The number of thiophene rings is 2. The number of hydrogen-bond donors (Lipinski definition) is 0. The number of unbranched alkanes of at least 4 members (excludes halogenated alkanes) is 26. The topological polar surface area (TPSA) is 40.6 Å². The Bertz CT molecular complexity index is 1590. The standard InChI is InChI=1S/C62H104N2O2S2/c1-7-13-19-23-25-27-29-31-33-37-43-53-45-55(67-49-53)59-57-58(62(66)63(59)47-51(39-17-11-5)41-35-21-15-9-3)60(64(61(57)65)48-52(40-18-12-6)42-36-22-16-10-4)56-46-54(50-68-56)44-38-34-32-30-28-26-24-20-14-8-2/h45-46,49-52H,7-44,47-48H2,1-6H3. The van der Waals surface area contributed by atoms with Gasteiger partial charge in [0, 0.05) is 13.1 Å². The van der Waals surface area contributed by atoms with E-state index in [1.165, 1.54) is 217 Å². The third-order valence-corrected chi connectivity index (χ3v) is 17.3. The quantitative estimate of drug-likeness (QED) is 0.0621. The van der Waals surface area contributed by atoms with Crippen molar-refractivity contribution in [2.45, 2.75) is 286 Å². The van der Waals surface area contributed by atoms with Gasteiger partial charge in [-0.1, -0.05) is 234 Å². The predicted molar refractivity (Wildman–Crippen MR) is 301 cm³/mol. The third-order valence-electron chi connectivity index (χ3n) is 15.3. The maximum Gasteiger partial charge on any atom is 0.261 e. The Morgan fingerprint density at radius 2 is 0.647 bits per heavy atom. The predicted octanol–water partition coefficient (Wildman–Crippen LogP) is 20.1. The summed E-state index contributed by atoms with van der Waals surface area (Å²) in [7, 11) is 0. The van der Waals surface area contributed by atoms with E-state index in [0.717, 1.165) is 59.7 Å². The average molecular weight is 974 g/mol. The van der Waals surface area contributed by atoms with Gasteiger partial charge >= 0.3 is 0 Å². The Hall–Kier alpha value is -2.18. The normalized spacial score (nSPS) is 15.0. The molecule has 386 valence electrons. The van der Waals surface area contributed by atoms with Crippen LogP contribution in [0.25, 0.3) is 11.4 Å². The van der Waals surface area contributed by atoms with Crippen LogP contribution in [0, 0.1) is 11.8 Å². The molecular weight excluding hydrogens is 869 g/mol. The second-order valence-electron chi connectivity index (χ2n) is 21.5. The second-order valence-corrected chi connectivity index (χ2v) is 23.3. The summed E-state index contributed by atoms with van der Waals surface area (Å²) in [5.74, 6) is 1.03. The zero-order valence-electron chi connectivity index (χ0n) is 45.3. The molecule has 6 heteroatoms. The molecule has 0 aliphatic carbocycles. The van der Waals surface area contributed by atoms with Crippen LogP contribution in [0.4, 0.5) is 0 Å². The molecule has 2 atom stereocenters. The lowest BCUT2D eigenvalue weighted by Crippen LogP contribution is -2.34. The third kappa shape index (κ3) is 20.1. The Labute approximate surface area is 428 Å². The summed E-state index contributed by atoms with van der Waals surface area (Å²) in [6.07, 6.45) is 48.2. The van der Waals surface area contributed by atoms with Gasteiger partial charge in [0.05, 0.1) is 32.3 Å². The van der Waals surface area contributed by atoms with Crippen LogP contribution in [0.2, 0.25) is 0 Å². The van der Waals surface area contributed by atoms with Crippen molar-refractivity contribution >= 4 is 45.9 Å². The van der Waals surface area contributed by atoms with Crippen LogP contribution >= 0.6 is 22.7 Å². The lowest BCUT2D eigenvalue weighted by Gasteiger charge is -2.29. The smallest absolute Gasteiger partial charge is 0.261 e.